The molecule has 0 aliphatic carbocycles. The number of hydrogen-bond donors (Lipinski definition) is 2. The summed E-state index contributed by atoms with van der Waals surface area (Å²) in [6.45, 7) is 2.09. The first kappa shape index (κ1) is 13.4. The van der Waals surface area contributed by atoms with E-state index in [4.69, 9.17) is 4.74 Å². The number of rotatable bonds is 5. The number of methoxy groups -OCH3 is 1. The van der Waals surface area contributed by atoms with Gasteiger partial charge >= 0.3 is 0 Å². The zero-order chi connectivity index (χ0) is 12.8. The van der Waals surface area contributed by atoms with Crippen molar-refractivity contribution in [3.05, 3.63) is 29.8 Å². The van der Waals surface area contributed by atoms with Gasteiger partial charge < -0.3 is 15.2 Å². The molecule has 0 aromatic heterocycles. The number of aliphatic hydroxyl groups excluding tert-OH is 1. The summed E-state index contributed by atoms with van der Waals surface area (Å²) in [7, 11) is 1.68. The summed E-state index contributed by atoms with van der Waals surface area (Å²) in [5.74, 6) is 1.36. The molecule has 0 amide bonds. The first-order chi connectivity index (χ1) is 8.79. The van der Waals surface area contributed by atoms with Gasteiger partial charge in [0.1, 0.15) is 5.75 Å². The van der Waals surface area contributed by atoms with Gasteiger partial charge in [-0.2, -0.15) is 0 Å². The highest BCUT2D eigenvalue weighted by Crippen LogP contribution is 2.20. The van der Waals surface area contributed by atoms with E-state index in [0.29, 0.717) is 5.92 Å². The fraction of sp³-hybridized carbons (Fsp3) is 0.600. The van der Waals surface area contributed by atoms with Crippen LogP contribution in [0.4, 0.5) is 0 Å². The third-order valence-electron chi connectivity index (χ3n) is 3.82. The van der Waals surface area contributed by atoms with Crippen molar-refractivity contribution >= 4 is 0 Å². The Morgan fingerprint density at radius 3 is 2.56 bits per heavy atom. The third-order valence-corrected chi connectivity index (χ3v) is 3.82. The Labute approximate surface area is 109 Å². The van der Waals surface area contributed by atoms with Crippen molar-refractivity contribution in [1.82, 2.24) is 5.32 Å². The lowest BCUT2D eigenvalue weighted by atomic mass is 9.89. The van der Waals surface area contributed by atoms with E-state index in [-0.39, 0.29) is 6.10 Å². The molecule has 0 bridgehead atoms. The average Bonchev–Trinajstić information content (AvgIpc) is 2.46. The minimum atomic E-state index is -0.158. The summed E-state index contributed by atoms with van der Waals surface area (Å²) in [5.41, 5.74) is 1.27. The van der Waals surface area contributed by atoms with Gasteiger partial charge in [-0.15, -0.1) is 0 Å². The molecule has 100 valence electrons. The maximum Gasteiger partial charge on any atom is 0.118 e. The number of hydrogen-bond acceptors (Lipinski definition) is 3. The fourth-order valence-corrected chi connectivity index (χ4v) is 2.57. The number of aliphatic hydroxyl groups is 1. The van der Waals surface area contributed by atoms with E-state index >= 15 is 0 Å². The van der Waals surface area contributed by atoms with E-state index in [1.807, 2.05) is 12.1 Å². The van der Waals surface area contributed by atoms with Crippen molar-refractivity contribution in [3.8, 4) is 5.75 Å². The van der Waals surface area contributed by atoms with Gasteiger partial charge in [0.15, 0.2) is 0 Å². The van der Waals surface area contributed by atoms with Crippen molar-refractivity contribution in [2.75, 3.05) is 20.2 Å². The standard InChI is InChI=1S/C15H23NO2/c1-18-14-5-2-12(3-6-14)4-7-15(17)13-8-10-16-11-9-13/h2-3,5-6,13,15-17H,4,7-11H2,1H3. The molecule has 0 radical (unpaired) electrons. The van der Waals surface area contributed by atoms with Crippen LogP contribution < -0.4 is 10.1 Å². The van der Waals surface area contributed by atoms with Crippen molar-refractivity contribution in [2.45, 2.75) is 31.8 Å². The van der Waals surface area contributed by atoms with Crippen LogP contribution in [0.25, 0.3) is 0 Å². The molecule has 3 nitrogen and oxygen atoms in total. The van der Waals surface area contributed by atoms with Gasteiger partial charge in [-0.05, 0) is 62.4 Å². The van der Waals surface area contributed by atoms with Crippen LogP contribution in [0.3, 0.4) is 0 Å². The highest BCUT2D eigenvalue weighted by Gasteiger charge is 2.20. The van der Waals surface area contributed by atoms with Gasteiger partial charge in [0.25, 0.3) is 0 Å². The molecule has 0 saturated carbocycles. The number of nitrogens with one attached hydrogen (secondary N) is 1. The number of benzene rings is 1. The maximum absolute atomic E-state index is 10.2. The first-order valence-corrected chi connectivity index (χ1v) is 6.81. The highest BCUT2D eigenvalue weighted by atomic mass is 16.5. The molecular weight excluding hydrogens is 226 g/mol. The lowest BCUT2D eigenvalue weighted by Crippen LogP contribution is -2.34. The van der Waals surface area contributed by atoms with Gasteiger partial charge in [0, 0.05) is 0 Å². The smallest absolute Gasteiger partial charge is 0.118 e. The molecule has 3 heteroatoms. The molecule has 1 unspecified atom stereocenters. The fourth-order valence-electron chi connectivity index (χ4n) is 2.57. The van der Waals surface area contributed by atoms with E-state index in [0.717, 1.165) is 44.5 Å². The first-order valence-electron chi connectivity index (χ1n) is 6.81. The van der Waals surface area contributed by atoms with Crippen LogP contribution in [0.5, 0.6) is 5.75 Å². The van der Waals surface area contributed by atoms with Crippen LogP contribution in [0, 0.1) is 5.92 Å². The van der Waals surface area contributed by atoms with Crippen LogP contribution in [0.15, 0.2) is 24.3 Å². The summed E-state index contributed by atoms with van der Waals surface area (Å²) >= 11 is 0. The molecule has 1 aromatic carbocycles. The molecule has 1 atom stereocenters. The Morgan fingerprint density at radius 2 is 1.94 bits per heavy atom. The van der Waals surface area contributed by atoms with Crippen LogP contribution in [-0.4, -0.2) is 31.4 Å². The molecule has 1 aliphatic rings. The number of ether oxygens (including phenoxy) is 1. The second-order valence-corrected chi connectivity index (χ2v) is 5.04. The SMILES string of the molecule is COc1ccc(CCC(O)C2CCNCC2)cc1. The second kappa shape index (κ2) is 6.76. The average molecular weight is 249 g/mol. The summed E-state index contributed by atoms with van der Waals surface area (Å²) < 4.78 is 5.13. The van der Waals surface area contributed by atoms with Crippen molar-refractivity contribution in [1.29, 1.82) is 0 Å². The van der Waals surface area contributed by atoms with Gasteiger partial charge in [-0.25, -0.2) is 0 Å². The van der Waals surface area contributed by atoms with Gasteiger partial charge in [-0.3, -0.25) is 0 Å². The molecule has 1 fully saturated rings. The number of aryl methyl sites for hydroxylation is 1. The lowest BCUT2D eigenvalue weighted by Gasteiger charge is -2.27. The monoisotopic (exact) mass is 249 g/mol. The summed E-state index contributed by atoms with van der Waals surface area (Å²) in [4.78, 5) is 0. The van der Waals surface area contributed by atoms with Gasteiger partial charge in [-0.1, -0.05) is 12.1 Å². The molecule has 1 heterocycles. The van der Waals surface area contributed by atoms with Crippen LogP contribution in [0.1, 0.15) is 24.8 Å². The molecule has 1 saturated heterocycles. The minimum absolute atomic E-state index is 0.158. The molecule has 0 spiro atoms. The van der Waals surface area contributed by atoms with Crippen molar-refractivity contribution < 1.29 is 9.84 Å². The Hall–Kier alpha value is -1.06. The van der Waals surface area contributed by atoms with Crippen molar-refractivity contribution in [3.63, 3.8) is 0 Å². The second-order valence-electron chi connectivity index (χ2n) is 5.04. The topological polar surface area (TPSA) is 41.5 Å². The summed E-state index contributed by atoms with van der Waals surface area (Å²) in [6, 6.07) is 8.11. The zero-order valence-corrected chi connectivity index (χ0v) is 11.1. The van der Waals surface area contributed by atoms with E-state index in [9.17, 15) is 5.11 Å². The molecule has 1 aromatic rings. The van der Waals surface area contributed by atoms with E-state index in [1.54, 1.807) is 7.11 Å². The van der Waals surface area contributed by atoms with Crippen LogP contribution in [-0.2, 0) is 6.42 Å². The van der Waals surface area contributed by atoms with E-state index < -0.39 is 0 Å². The molecular formula is C15H23NO2. The Kier molecular flexibility index (Phi) is 5.02. The quantitative estimate of drug-likeness (QED) is 0.838. The van der Waals surface area contributed by atoms with Gasteiger partial charge in [0.05, 0.1) is 13.2 Å². The Balaban J connectivity index is 1.78. The lowest BCUT2D eigenvalue weighted by molar-refractivity contribution is 0.0813. The summed E-state index contributed by atoms with van der Waals surface area (Å²) in [5, 5.41) is 13.5. The number of piperidine rings is 1. The van der Waals surface area contributed by atoms with E-state index in [2.05, 4.69) is 17.4 Å². The predicted molar refractivity (Wildman–Crippen MR) is 72.9 cm³/mol. The minimum Gasteiger partial charge on any atom is -0.497 e. The zero-order valence-electron chi connectivity index (χ0n) is 11.1. The summed E-state index contributed by atoms with van der Waals surface area (Å²) in [6.07, 6.45) is 3.84. The van der Waals surface area contributed by atoms with Crippen LogP contribution >= 0.6 is 0 Å². The predicted octanol–water partition coefficient (Wildman–Crippen LogP) is 1.99. The molecule has 2 rings (SSSR count). The Bertz CT molecular complexity index is 344. The molecule has 18 heavy (non-hydrogen) atoms. The Morgan fingerprint density at radius 1 is 1.28 bits per heavy atom. The maximum atomic E-state index is 10.2. The third kappa shape index (κ3) is 3.72. The van der Waals surface area contributed by atoms with E-state index in [1.165, 1.54) is 5.56 Å². The van der Waals surface area contributed by atoms with Gasteiger partial charge in [0.2, 0.25) is 0 Å². The van der Waals surface area contributed by atoms with Crippen molar-refractivity contribution in [2.24, 2.45) is 5.92 Å². The molecule has 2 N–H and O–H groups in total. The highest BCUT2D eigenvalue weighted by molar-refractivity contribution is 5.27. The van der Waals surface area contributed by atoms with Crippen LogP contribution in [0.2, 0.25) is 0 Å². The largest absolute Gasteiger partial charge is 0.497 e. The molecule has 1 aliphatic heterocycles. The normalized spacial score (nSPS) is 18.6.